The van der Waals surface area contributed by atoms with Crippen LogP contribution in [0.1, 0.15) is 40.9 Å². The predicted molar refractivity (Wildman–Crippen MR) is 129 cm³/mol. The van der Waals surface area contributed by atoms with Gasteiger partial charge in [0.2, 0.25) is 0 Å². The highest BCUT2D eigenvalue weighted by molar-refractivity contribution is 6.22. The number of H-pyrrole nitrogens is 1. The van der Waals surface area contributed by atoms with E-state index in [1.54, 1.807) is 4.90 Å². The van der Waals surface area contributed by atoms with Crippen LogP contribution in [0.25, 0.3) is 10.9 Å². The summed E-state index contributed by atoms with van der Waals surface area (Å²) in [6.07, 6.45) is 1.26. The van der Waals surface area contributed by atoms with E-state index in [4.69, 9.17) is 0 Å². The molecule has 164 valence electrons. The average Bonchev–Trinajstić information content (AvgIpc) is 3.33. The summed E-state index contributed by atoms with van der Waals surface area (Å²) in [7, 11) is 0. The fourth-order valence-electron chi connectivity index (χ4n) is 5.42. The van der Waals surface area contributed by atoms with Crippen LogP contribution in [0, 0.1) is 6.92 Å². The number of rotatable bonds is 3. The lowest BCUT2D eigenvalue weighted by Crippen LogP contribution is -2.44. The van der Waals surface area contributed by atoms with E-state index in [2.05, 4.69) is 48.3 Å². The number of fused-ring (bicyclic) bond motifs is 4. The third kappa shape index (κ3) is 2.85. The minimum absolute atomic E-state index is 0.144. The van der Waals surface area contributed by atoms with Crippen LogP contribution in [0.4, 0.5) is 10.5 Å². The number of urea groups is 1. The number of anilines is 1. The molecule has 0 radical (unpaired) electrons. The first-order valence-corrected chi connectivity index (χ1v) is 11.5. The number of benzene rings is 3. The first kappa shape index (κ1) is 19.8. The summed E-state index contributed by atoms with van der Waals surface area (Å²) in [5.74, 6) is -0.144. The summed E-state index contributed by atoms with van der Waals surface area (Å²) in [4.78, 5) is 34.5. The minimum atomic E-state index is -0.527. The van der Waals surface area contributed by atoms with E-state index < -0.39 is 6.04 Å². The molecule has 5 nitrogen and oxygen atoms in total. The van der Waals surface area contributed by atoms with E-state index in [1.165, 1.54) is 4.90 Å². The average molecular weight is 436 g/mol. The number of carbonyl (C=O) groups excluding carboxylic acids is 2. The second-order valence-corrected chi connectivity index (χ2v) is 8.94. The highest BCUT2D eigenvalue weighted by atomic mass is 16.2. The molecule has 0 spiro atoms. The Labute approximate surface area is 192 Å². The molecule has 33 heavy (non-hydrogen) atoms. The Morgan fingerprint density at radius 2 is 1.67 bits per heavy atom. The molecule has 0 aliphatic carbocycles. The largest absolute Gasteiger partial charge is 0.356 e. The smallest absolute Gasteiger partial charge is 0.332 e. The van der Waals surface area contributed by atoms with Gasteiger partial charge in [0.05, 0.1) is 5.69 Å². The number of carbonyl (C=O) groups is 2. The summed E-state index contributed by atoms with van der Waals surface area (Å²) in [6.45, 7) is 4.10. The van der Waals surface area contributed by atoms with Crippen LogP contribution in [0.3, 0.4) is 0 Å². The molecule has 2 aliphatic heterocycles. The van der Waals surface area contributed by atoms with E-state index in [9.17, 15) is 9.59 Å². The second kappa shape index (κ2) is 7.34. The molecule has 2 unspecified atom stereocenters. The van der Waals surface area contributed by atoms with Crippen molar-refractivity contribution in [2.75, 3.05) is 4.90 Å². The number of nitrogens with one attached hydrogen (secondary N) is 1. The van der Waals surface area contributed by atoms with E-state index >= 15 is 0 Å². The third-order valence-corrected chi connectivity index (χ3v) is 7.06. The molecular formula is C28H25N3O2. The molecule has 5 heteroatoms. The van der Waals surface area contributed by atoms with Crippen molar-refractivity contribution >= 4 is 28.5 Å². The van der Waals surface area contributed by atoms with Gasteiger partial charge in [0.1, 0.15) is 12.1 Å². The van der Waals surface area contributed by atoms with Crippen LogP contribution >= 0.6 is 0 Å². The Hall–Kier alpha value is -3.86. The number of aromatic nitrogens is 1. The third-order valence-electron chi connectivity index (χ3n) is 7.06. The van der Waals surface area contributed by atoms with Gasteiger partial charge in [-0.3, -0.25) is 9.69 Å². The molecule has 6 rings (SSSR count). The fourth-order valence-corrected chi connectivity index (χ4v) is 5.42. The van der Waals surface area contributed by atoms with Crippen molar-refractivity contribution in [2.24, 2.45) is 0 Å². The van der Waals surface area contributed by atoms with E-state index in [1.807, 2.05) is 43.3 Å². The molecule has 0 bridgehead atoms. The van der Waals surface area contributed by atoms with Crippen LogP contribution in [0.2, 0.25) is 0 Å². The summed E-state index contributed by atoms with van der Waals surface area (Å²) >= 11 is 0. The van der Waals surface area contributed by atoms with Gasteiger partial charge in [-0.25, -0.2) is 9.69 Å². The van der Waals surface area contributed by atoms with Crippen LogP contribution < -0.4 is 4.90 Å². The number of imide groups is 1. The monoisotopic (exact) mass is 435 g/mol. The number of aromatic amines is 1. The van der Waals surface area contributed by atoms with Crippen molar-refractivity contribution in [3.8, 4) is 0 Å². The Balaban J connectivity index is 1.55. The van der Waals surface area contributed by atoms with Crippen LogP contribution in [0.15, 0.2) is 72.8 Å². The highest BCUT2D eigenvalue weighted by Crippen LogP contribution is 2.45. The number of hydrogen-bond acceptors (Lipinski definition) is 2. The summed E-state index contributed by atoms with van der Waals surface area (Å²) < 4.78 is 0. The molecule has 3 aromatic carbocycles. The molecule has 3 heterocycles. The summed E-state index contributed by atoms with van der Waals surface area (Å²) in [5.41, 5.74) is 7.02. The zero-order valence-electron chi connectivity index (χ0n) is 18.7. The van der Waals surface area contributed by atoms with Gasteiger partial charge >= 0.3 is 6.03 Å². The number of hydrogen-bond donors (Lipinski definition) is 1. The maximum atomic E-state index is 13.9. The lowest BCUT2D eigenvalue weighted by Gasteiger charge is -2.36. The number of nitrogens with zero attached hydrogens (tertiary/aromatic N) is 2. The first-order chi connectivity index (χ1) is 16.1. The normalized spacial score (nSPS) is 19.8. The standard InChI is InChI=1S/C28H25N3O2/c1-3-18-8-4-7-11-23(18)31-27(32)24-16-21-20-9-5-6-10-22(20)29-25(21)26(30(24)28(31)33)19-14-12-17(2)13-15-19/h4-15,24,26,29H,3,16H2,1-2H3. The van der Waals surface area contributed by atoms with Crippen molar-refractivity contribution in [2.45, 2.75) is 38.8 Å². The van der Waals surface area contributed by atoms with Crippen molar-refractivity contribution in [1.29, 1.82) is 0 Å². The van der Waals surface area contributed by atoms with Gasteiger partial charge in [-0.15, -0.1) is 0 Å². The second-order valence-electron chi connectivity index (χ2n) is 8.94. The zero-order valence-corrected chi connectivity index (χ0v) is 18.7. The minimum Gasteiger partial charge on any atom is -0.356 e. The zero-order chi connectivity index (χ0) is 22.7. The predicted octanol–water partition coefficient (Wildman–Crippen LogP) is 5.52. The lowest BCUT2D eigenvalue weighted by atomic mass is 9.88. The highest BCUT2D eigenvalue weighted by Gasteiger charge is 2.53. The van der Waals surface area contributed by atoms with Gasteiger partial charge in [-0.1, -0.05) is 73.2 Å². The number of amides is 3. The van der Waals surface area contributed by atoms with Crippen molar-refractivity contribution in [1.82, 2.24) is 9.88 Å². The van der Waals surface area contributed by atoms with E-state index in [0.717, 1.165) is 45.3 Å². The molecule has 0 saturated carbocycles. The Kier molecular flexibility index (Phi) is 4.40. The molecule has 3 amide bonds. The molecule has 1 fully saturated rings. The lowest BCUT2D eigenvalue weighted by molar-refractivity contribution is -0.120. The molecular weight excluding hydrogens is 410 g/mol. The maximum absolute atomic E-state index is 13.9. The van der Waals surface area contributed by atoms with Crippen LogP contribution in [-0.2, 0) is 17.6 Å². The molecule has 2 atom stereocenters. The van der Waals surface area contributed by atoms with Gasteiger partial charge in [0, 0.05) is 23.0 Å². The van der Waals surface area contributed by atoms with Gasteiger partial charge < -0.3 is 4.98 Å². The van der Waals surface area contributed by atoms with Gasteiger partial charge in [-0.2, -0.15) is 0 Å². The maximum Gasteiger partial charge on any atom is 0.332 e. The molecule has 2 aliphatic rings. The van der Waals surface area contributed by atoms with Crippen molar-refractivity contribution < 1.29 is 9.59 Å². The summed E-state index contributed by atoms with van der Waals surface area (Å²) in [6, 6.07) is 23.0. The topological polar surface area (TPSA) is 56.4 Å². The van der Waals surface area contributed by atoms with Crippen molar-refractivity contribution in [3.05, 3.63) is 101 Å². The van der Waals surface area contributed by atoms with E-state index in [-0.39, 0.29) is 18.0 Å². The number of para-hydroxylation sites is 2. The molecule has 4 aromatic rings. The number of aryl methyl sites for hydroxylation is 2. The Morgan fingerprint density at radius 1 is 0.939 bits per heavy atom. The van der Waals surface area contributed by atoms with E-state index in [0.29, 0.717) is 12.1 Å². The Morgan fingerprint density at radius 3 is 2.45 bits per heavy atom. The molecule has 1 N–H and O–H groups in total. The van der Waals surface area contributed by atoms with Gasteiger partial charge in [0.15, 0.2) is 0 Å². The first-order valence-electron chi connectivity index (χ1n) is 11.5. The van der Waals surface area contributed by atoms with Gasteiger partial charge in [-0.05, 0) is 42.2 Å². The van der Waals surface area contributed by atoms with Crippen LogP contribution in [-0.4, -0.2) is 27.9 Å². The summed E-state index contributed by atoms with van der Waals surface area (Å²) in [5, 5.41) is 1.12. The fraction of sp³-hybridized carbons (Fsp3) is 0.214. The SMILES string of the molecule is CCc1ccccc1N1C(=O)C2Cc3c([nH]c4ccccc34)C(c3ccc(C)cc3)N2C1=O. The molecule has 1 saturated heterocycles. The quantitative estimate of drug-likeness (QED) is 0.431. The van der Waals surface area contributed by atoms with Crippen LogP contribution in [0.5, 0.6) is 0 Å². The van der Waals surface area contributed by atoms with Gasteiger partial charge in [0.25, 0.3) is 5.91 Å². The Bertz CT molecular complexity index is 1400. The van der Waals surface area contributed by atoms with Crippen molar-refractivity contribution in [3.63, 3.8) is 0 Å². The molecule has 1 aromatic heterocycles.